The Morgan fingerprint density at radius 3 is 2.79 bits per heavy atom. The third-order valence-electron chi connectivity index (χ3n) is 2.50. The molecule has 0 amide bonds. The number of azide groups is 1. The van der Waals surface area contributed by atoms with Crippen LogP contribution >= 0.6 is 0 Å². The van der Waals surface area contributed by atoms with Crippen molar-refractivity contribution in [3.63, 3.8) is 0 Å². The molecule has 0 saturated heterocycles. The second kappa shape index (κ2) is 8.81. The van der Waals surface area contributed by atoms with Gasteiger partial charge in [0.1, 0.15) is 11.8 Å². The minimum atomic E-state index is -0.359. The van der Waals surface area contributed by atoms with Gasteiger partial charge in [-0.1, -0.05) is 17.2 Å². The van der Waals surface area contributed by atoms with Crippen LogP contribution in [-0.4, -0.2) is 19.7 Å². The monoisotopic (exact) mass is 259 g/mol. The maximum atomic E-state index is 9.13. The highest BCUT2D eigenvalue weighted by Crippen LogP contribution is 2.17. The Kier molecular flexibility index (Phi) is 6.88. The first-order valence-electron chi connectivity index (χ1n) is 6.18. The van der Waals surface area contributed by atoms with Crippen molar-refractivity contribution in [1.82, 2.24) is 5.32 Å². The van der Waals surface area contributed by atoms with E-state index in [9.17, 15) is 0 Å². The highest BCUT2D eigenvalue weighted by Gasteiger charge is 2.08. The van der Waals surface area contributed by atoms with Crippen molar-refractivity contribution < 1.29 is 4.74 Å². The van der Waals surface area contributed by atoms with Gasteiger partial charge in [-0.25, -0.2) is 0 Å². The summed E-state index contributed by atoms with van der Waals surface area (Å²) in [5, 5.41) is 15.7. The highest BCUT2D eigenvalue weighted by molar-refractivity contribution is 5.31. The van der Waals surface area contributed by atoms with Crippen molar-refractivity contribution in [2.45, 2.75) is 19.4 Å². The molecule has 0 aliphatic rings. The summed E-state index contributed by atoms with van der Waals surface area (Å²) in [5.41, 5.74) is 9.04. The second-order valence-electron chi connectivity index (χ2n) is 3.83. The molecule has 0 bridgehead atoms. The number of nitrogens with zero attached hydrogens (tertiary/aromatic N) is 4. The summed E-state index contributed by atoms with van der Waals surface area (Å²) in [6.07, 6.45) is 0.708. The van der Waals surface area contributed by atoms with E-state index in [-0.39, 0.29) is 6.04 Å². The van der Waals surface area contributed by atoms with Crippen LogP contribution in [0.5, 0.6) is 5.75 Å². The predicted octanol–water partition coefficient (Wildman–Crippen LogP) is 2.94. The Morgan fingerprint density at radius 2 is 2.21 bits per heavy atom. The largest absolute Gasteiger partial charge is 0.494 e. The Morgan fingerprint density at radius 1 is 1.47 bits per heavy atom. The van der Waals surface area contributed by atoms with E-state index >= 15 is 0 Å². The zero-order chi connectivity index (χ0) is 13.9. The van der Waals surface area contributed by atoms with E-state index in [0.29, 0.717) is 26.1 Å². The molecule has 1 unspecified atom stereocenters. The molecule has 6 heteroatoms. The first-order valence-corrected chi connectivity index (χ1v) is 6.18. The fourth-order valence-corrected chi connectivity index (χ4v) is 1.60. The summed E-state index contributed by atoms with van der Waals surface area (Å²) in [4.78, 5) is 2.68. The lowest BCUT2D eigenvalue weighted by Gasteiger charge is -2.12. The van der Waals surface area contributed by atoms with Gasteiger partial charge in [0, 0.05) is 11.5 Å². The maximum Gasteiger partial charge on any atom is 0.121 e. The summed E-state index contributed by atoms with van der Waals surface area (Å²) < 4.78 is 5.35. The lowest BCUT2D eigenvalue weighted by atomic mass is 10.1. The summed E-state index contributed by atoms with van der Waals surface area (Å²) in [7, 11) is 0. The van der Waals surface area contributed by atoms with Gasteiger partial charge in [-0.15, -0.1) is 0 Å². The number of hydrogen-bond donors (Lipinski definition) is 1. The van der Waals surface area contributed by atoms with Crippen molar-refractivity contribution >= 4 is 0 Å². The fraction of sp³-hybridized carbons (Fsp3) is 0.462. The third kappa shape index (κ3) is 5.30. The van der Waals surface area contributed by atoms with Crippen LogP contribution in [0.25, 0.3) is 10.4 Å². The van der Waals surface area contributed by atoms with Crippen molar-refractivity contribution in [2.24, 2.45) is 5.11 Å². The first-order chi connectivity index (χ1) is 9.31. The Hall–Kier alpha value is -2.22. The van der Waals surface area contributed by atoms with Crippen molar-refractivity contribution in [1.29, 1.82) is 5.26 Å². The minimum absolute atomic E-state index is 0.359. The average Bonchev–Trinajstić information content (AvgIpc) is 2.44. The van der Waals surface area contributed by atoms with Crippen LogP contribution in [0.1, 0.15) is 24.9 Å². The molecule has 1 aromatic rings. The van der Waals surface area contributed by atoms with E-state index in [2.05, 4.69) is 21.4 Å². The standard InChI is InChI=1S/C13H17N5O/c1-2-19-12-6-4-11(5-7-12)13(10-14)16-8-3-9-17-18-15/h4-7,13,16H,2-3,8-9H2,1H3. The van der Waals surface area contributed by atoms with Crippen molar-refractivity contribution in [2.75, 3.05) is 19.7 Å². The maximum absolute atomic E-state index is 9.13. The van der Waals surface area contributed by atoms with E-state index in [1.54, 1.807) is 0 Å². The number of nitriles is 1. The van der Waals surface area contributed by atoms with Gasteiger partial charge in [-0.05, 0) is 43.1 Å². The molecule has 0 fully saturated rings. The molecule has 0 spiro atoms. The van der Waals surface area contributed by atoms with Crippen LogP contribution in [-0.2, 0) is 0 Å². The lowest BCUT2D eigenvalue weighted by Crippen LogP contribution is -2.21. The van der Waals surface area contributed by atoms with E-state index in [1.165, 1.54) is 0 Å². The second-order valence-corrected chi connectivity index (χ2v) is 3.83. The lowest BCUT2D eigenvalue weighted by molar-refractivity contribution is 0.340. The number of nitrogens with one attached hydrogen (secondary N) is 1. The molecule has 1 atom stereocenters. The molecular weight excluding hydrogens is 242 g/mol. The van der Waals surface area contributed by atoms with E-state index in [1.807, 2.05) is 31.2 Å². The minimum Gasteiger partial charge on any atom is -0.494 e. The highest BCUT2D eigenvalue weighted by atomic mass is 16.5. The van der Waals surface area contributed by atoms with Crippen LogP contribution in [0.2, 0.25) is 0 Å². The van der Waals surface area contributed by atoms with E-state index < -0.39 is 0 Å². The van der Waals surface area contributed by atoms with Gasteiger partial charge >= 0.3 is 0 Å². The zero-order valence-corrected chi connectivity index (χ0v) is 10.9. The van der Waals surface area contributed by atoms with Gasteiger partial charge in [0.15, 0.2) is 0 Å². The summed E-state index contributed by atoms with van der Waals surface area (Å²) in [6.45, 7) is 3.62. The fourth-order valence-electron chi connectivity index (χ4n) is 1.60. The number of rotatable bonds is 8. The molecule has 6 nitrogen and oxygen atoms in total. The van der Waals surface area contributed by atoms with Crippen LogP contribution in [0.15, 0.2) is 29.4 Å². The molecule has 0 aromatic heterocycles. The summed E-state index contributed by atoms with van der Waals surface area (Å²) in [5.74, 6) is 0.797. The van der Waals surface area contributed by atoms with Gasteiger partial charge in [0.05, 0.1) is 12.7 Å². The van der Waals surface area contributed by atoms with Gasteiger partial charge < -0.3 is 4.74 Å². The van der Waals surface area contributed by atoms with Crippen LogP contribution < -0.4 is 10.1 Å². The molecule has 1 aromatic carbocycles. The predicted molar refractivity (Wildman–Crippen MR) is 72.6 cm³/mol. The van der Waals surface area contributed by atoms with Crippen LogP contribution in [0, 0.1) is 11.3 Å². The molecule has 0 saturated carbocycles. The van der Waals surface area contributed by atoms with E-state index in [0.717, 1.165) is 11.3 Å². The van der Waals surface area contributed by atoms with Crippen LogP contribution in [0.3, 0.4) is 0 Å². The van der Waals surface area contributed by atoms with Gasteiger partial charge in [0.25, 0.3) is 0 Å². The quantitative estimate of drug-likeness (QED) is 0.336. The van der Waals surface area contributed by atoms with Gasteiger partial charge in [0.2, 0.25) is 0 Å². The molecular formula is C13H17N5O. The molecule has 1 rings (SSSR count). The molecule has 0 aliphatic carbocycles. The SMILES string of the molecule is CCOc1ccc(C(C#N)NCCCN=[N+]=[N-])cc1. The topological polar surface area (TPSA) is 93.8 Å². The van der Waals surface area contributed by atoms with Crippen molar-refractivity contribution in [3.8, 4) is 11.8 Å². The molecule has 0 heterocycles. The van der Waals surface area contributed by atoms with Crippen molar-refractivity contribution in [3.05, 3.63) is 40.3 Å². The smallest absolute Gasteiger partial charge is 0.121 e. The Labute approximate surface area is 112 Å². The third-order valence-corrected chi connectivity index (χ3v) is 2.50. The average molecular weight is 259 g/mol. The molecule has 1 N–H and O–H groups in total. The zero-order valence-electron chi connectivity index (χ0n) is 10.9. The Bertz CT molecular complexity index is 459. The number of hydrogen-bond acceptors (Lipinski definition) is 4. The molecule has 19 heavy (non-hydrogen) atoms. The van der Waals surface area contributed by atoms with Gasteiger partial charge in [-0.2, -0.15) is 5.26 Å². The molecule has 100 valence electrons. The molecule has 0 radical (unpaired) electrons. The van der Waals surface area contributed by atoms with Gasteiger partial charge in [-0.3, -0.25) is 5.32 Å². The Balaban J connectivity index is 2.50. The normalized spacial score (nSPS) is 11.2. The number of ether oxygens (including phenoxy) is 1. The molecule has 0 aliphatic heterocycles. The summed E-state index contributed by atoms with van der Waals surface area (Å²) >= 11 is 0. The first kappa shape index (κ1) is 14.8. The number of benzene rings is 1. The van der Waals surface area contributed by atoms with E-state index in [4.69, 9.17) is 15.5 Å². The summed E-state index contributed by atoms with van der Waals surface area (Å²) in [6, 6.07) is 9.30. The van der Waals surface area contributed by atoms with Crippen LogP contribution in [0.4, 0.5) is 0 Å².